The third kappa shape index (κ3) is 5.20. The van der Waals surface area contributed by atoms with Gasteiger partial charge >= 0.3 is 11.7 Å². The van der Waals surface area contributed by atoms with Gasteiger partial charge < -0.3 is 14.8 Å². The second kappa shape index (κ2) is 10.1. The fourth-order valence-corrected chi connectivity index (χ4v) is 4.59. The first kappa shape index (κ1) is 24.3. The number of ether oxygens (including phenoxy) is 2. The number of nitrogens with one attached hydrogen (secondary N) is 1. The maximum absolute atomic E-state index is 12.7. The average Bonchev–Trinajstić information content (AvgIpc) is 3.22. The lowest BCUT2D eigenvalue weighted by Crippen LogP contribution is -2.15. The van der Waals surface area contributed by atoms with E-state index in [0.717, 1.165) is 35.6 Å². The number of hydrogen-bond donors (Lipinski definition) is 1. The van der Waals surface area contributed by atoms with Crippen LogP contribution in [0.1, 0.15) is 27.6 Å². The highest BCUT2D eigenvalue weighted by Crippen LogP contribution is 2.37. The van der Waals surface area contributed by atoms with Gasteiger partial charge in [-0.2, -0.15) is 8.78 Å². The van der Waals surface area contributed by atoms with Gasteiger partial charge in [-0.1, -0.05) is 12.1 Å². The molecule has 174 valence electrons. The zero-order valence-corrected chi connectivity index (χ0v) is 19.1. The van der Waals surface area contributed by atoms with E-state index in [9.17, 15) is 26.8 Å². The lowest BCUT2D eigenvalue weighted by Gasteiger charge is -2.10. The molecule has 33 heavy (non-hydrogen) atoms. The van der Waals surface area contributed by atoms with Crippen LogP contribution in [0.3, 0.4) is 0 Å². The van der Waals surface area contributed by atoms with Gasteiger partial charge in [0.15, 0.2) is 0 Å². The van der Waals surface area contributed by atoms with Gasteiger partial charge in [0, 0.05) is 16.5 Å². The minimum atomic E-state index is -4.77. The molecular weight excluding hydrogens is 476 g/mol. The molecule has 1 heterocycles. The van der Waals surface area contributed by atoms with Crippen molar-refractivity contribution in [1.82, 2.24) is 0 Å². The number of thiophene rings is 1. The molecule has 0 fully saturated rings. The average molecular weight is 496 g/mol. The summed E-state index contributed by atoms with van der Waals surface area (Å²) in [5, 5.41) is 4.54. The fraction of sp³-hybridized carbons (Fsp3) is 0.182. The Balaban J connectivity index is 1.92. The summed E-state index contributed by atoms with van der Waals surface area (Å²) in [6.07, 6.45) is 0. The number of carbonyl (C=O) groups is 2. The normalized spacial score (nSPS) is 11.3. The molecule has 1 aromatic heterocycles. The van der Waals surface area contributed by atoms with Gasteiger partial charge in [0.05, 0.1) is 18.6 Å². The molecule has 7 nitrogen and oxygen atoms in total. The first-order valence-corrected chi connectivity index (χ1v) is 12.0. The Hall–Kier alpha value is -3.31. The number of amides is 1. The number of halogens is 2. The van der Waals surface area contributed by atoms with Gasteiger partial charge in [-0.3, -0.25) is 4.79 Å². The third-order valence-corrected chi connectivity index (χ3v) is 6.87. The van der Waals surface area contributed by atoms with Crippen LogP contribution in [-0.2, 0) is 14.6 Å². The first-order chi connectivity index (χ1) is 15.7. The molecule has 2 aromatic carbocycles. The minimum absolute atomic E-state index is 0.0254. The lowest BCUT2D eigenvalue weighted by molar-refractivity contribution is 0.0529. The van der Waals surface area contributed by atoms with Crippen LogP contribution in [0.25, 0.3) is 11.1 Å². The summed E-state index contributed by atoms with van der Waals surface area (Å²) in [5.41, 5.74) is 1.45. The highest BCUT2D eigenvalue weighted by Gasteiger charge is 2.27. The molecule has 0 aliphatic heterocycles. The van der Waals surface area contributed by atoms with Crippen molar-refractivity contribution in [2.75, 3.05) is 19.0 Å². The number of hydrogen-bond acceptors (Lipinski definition) is 7. The molecule has 0 radical (unpaired) electrons. The number of esters is 1. The molecule has 11 heteroatoms. The highest BCUT2D eigenvalue weighted by molar-refractivity contribution is 7.91. The Morgan fingerprint density at radius 1 is 1.06 bits per heavy atom. The molecule has 0 atom stereocenters. The number of rotatable bonds is 8. The van der Waals surface area contributed by atoms with Crippen molar-refractivity contribution >= 4 is 38.1 Å². The van der Waals surface area contributed by atoms with Crippen molar-refractivity contribution in [3.8, 4) is 16.9 Å². The van der Waals surface area contributed by atoms with Crippen LogP contribution < -0.4 is 10.1 Å². The molecular formula is C22H19F2NO6S2. The Morgan fingerprint density at radius 3 is 2.24 bits per heavy atom. The topological polar surface area (TPSA) is 98.8 Å². The second-order valence-corrected chi connectivity index (χ2v) is 9.38. The predicted molar refractivity (Wildman–Crippen MR) is 120 cm³/mol. The number of anilines is 1. The summed E-state index contributed by atoms with van der Waals surface area (Å²) < 4.78 is 58.8. The first-order valence-electron chi connectivity index (χ1n) is 9.55. The summed E-state index contributed by atoms with van der Waals surface area (Å²) in [7, 11) is -3.23. The quantitative estimate of drug-likeness (QED) is 0.449. The summed E-state index contributed by atoms with van der Waals surface area (Å²) in [4.78, 5) is 24.8. The highest BCUT2D eigenvalue weighted by atomic mass is 32.2. The van der Waals surface area contributed by atoms with Crippen molar-refractivity contribution in [3.05, 3.63) is 65.0 Å². The molecule has 3 rings (SSSR count). The second-order valence-electron chi connectivity index (χ2n) is 6.59. The monoisotopic (exact) mass is 495 g/mol. The number of carbonyl (C=O) groups excluding carboxylic acids is 2. The van der Waals surface area contributed by atoms with Crippen LogP contribution in [0.2, 0.25) is 0 Å². The van der Waals surface area contributed by atoms with Crippen molar-refractivity contribution in [2.45, 2.75) is 17.6 Å². The SMILES string of the molecule is CCOC(=O)c1c(-c2ccc(OC)cc2)csc1NC(=O)c1ccc(S(=O)(=O)C(F)F)cc1. The Kier molecular flexibility index (Phi) is 7.44. The van der Waals surface area contributed by atoms with Crippen molar-refractivity contribution in [3.63, 3.8) is 0 Å². The van der Waals surface area contributed by atoms with Gasteiger partial charge in [-0.25, -0.2) is 13.2 Å². The van der Waals surface area contributed by atoms with E-state index in [0.29, 0.717) is 16.9 Å². The summed E-state index contributed by atoms with van der Waals surface area (Å²) in [5.74, 6) is -4.20. The Bertz CT molecular complexity index is 1250. The Labute approximate surface area is 192 Å². The molecule has 1 N–H and O–H groups in total. The van der Waals surface area contributed by atoms with Crippen molar-refractivity contribution in [2.24, 2.45) is 0 Å². The summed E-state index contributed by atoms with van der Waals surface area (Å²) >= 11 is 1.11. The number of sulfone groups is 1. The number of methoxy groups -OCH3 is 1. The molecule has 0 bridgehead atoms. The van der Waals surface area contributed by atoms with Gasteiger partial charge in [-0.15, -0.1) is 11.3 Å². The maximum atomic E-state index is 12.7. The van der Waals surface area contributed by atoms with Gasteiger partial charge in [0.2, 0.25) is 9.84 Å². The standard InChI is InChI=1S/C22H19F2NO6S2/c1-3-31-21(27)18-17(13-4-8-15(30-2)9-5-13)12-32-20(18)25-19(26)14-6-10-16(11-7-14)33(28,29)22(23)24/h4-12,22H,3H2,1-2H3,(H,25,26). The zero-order chi connectivity index (χ0) is 24.2. The van der Waals surface area contributed by atoms with E-state index in [1.54, 1.807) is 36.6 Å². The van der Waals surface area contributed by atoms with Crippen molar-refractivity contribution < 1.29 is 36.3 Å². The van der Waals surface area contributed by atoms with Gasteiger partial charge in [-0.05, 0) is 48.9 Å². The molecule has 1 amide bonds. The molecule has 3 aromatic rings. The van der Waals surface area contributed by atoms with E-state index < -0.39 is 32.4 Å². The van der Waals surface area contributed by atoms with Crippen LogP contribution in [0, 0.1) is 0 Å². The minimum Gasteiger partial charge on any atom is -0.497 e. The predicted octanol–water partition coefficient (Wildman–Crippen LogP) is 4.85. The third-order valence-electron chi connectivity index (χ3n) is 4.58. The van der Waals surface area contributed by atoms with Crippen LogP contribution in [0.5, 0.6) is 5.75 Å². The molecule has 0 aliphatic carbocycles. The number of alkyl halides is 2. The largest absolute Gasteiger partial charge is 0.497 e. The van der Waals surface area contributed by atoms with E-state index in [-0.39, 0.29) is 22.7 Å². The summed E-state index contributed by atoms with van der Waals surface area (Å²) in [6.45, 7) is 1.79. The summed E-state index contributed by atoms with van der Waals surface area (Å²) in [6, 6.07) is 11.1. The Morgan fingerprint density at radius 2 is 1.70 bits per heavy atom. The van der Waals surface area contributed by atoms with Crippen LogP contribution in [0.4, 0.5) is 13.8 Å². The van der Waals surface area contributed by atoms with E-state index >= 15 is 0 Å². The van der Waals surface area contributed by atoms with E-state index in [1.807, 2.05) is 0 Å². The molecule has 0 saturated carbocycles. The van der Waals surface area contributed by atoms with E-state index in [2.05, 4.69) is 5.32 Å². The van der Waals surface area contributed by atoms with Crippen molar-refractivity contribution in [1.29, 1.82) is 0 Å². The molecule has 0 saturated heterocycles. The number of benzene rings is 2. The molecule has 0 aliphatic rings. The van der Waals surface area contributed by atoms with E-state index in [4.69, 9.17) is 9.47 Å². The molecule has 0 unspecified atom stereocenters. The van der Waals surface area contributed by atoms with E-state index in [1.165, 1.54) is 7.11 Å². The maximum Gasteiger partial charge on any atom is 0.341 e. The van der Waals surface area contributed by atoms with Crippen LogP contribution in [-0.4, -0.2) is 39.8 Å². The van der Waals surface area contributed by atoms with Gasteiger partial charge in [0.1, 0.15) is 16.3 Å². The molecule has 0 spiro atoms. The van der Waals surface area contributed by atoms with Gasteiger partial charge in [0.25, 0.3) is 5.91 Å². The smallest absolute Gasteiger partial charge is 0.341 e. The van der Waals surface area contributed by atoms with Crippen LogP contribution in [0.15, 0.2) is 58.8 Å². The fourth-order valence-electron chi connectivity index (χ4n) is 2.91. The lowest BCUT2D eigenvalue weighted by atomic mass is 10.0. The zero-order valence-electron chi connectivity index (χ0n) is 17.5. The van der Waals surface area contributed by atoms with Crippen LogP contribution >= 0.6 is 11.3 Å².